The number of aromatic nitrogens is 2. The molecule has 1 saturated heterocycles. The van der Waals surface area contributed by atoms with Crippen LogP contribution >= 0.6 is 0 Å². The van der Waals surface area contributed by atoms with Crippen LogP contribution in [0.25, 0.3) is 0 Å². The minimum atomic E-state index is -0.615. The summed E-state index contributed by atoms with van der Waals surface area (Å²) in [4.78, 5) is 10.6. The average molecular weight is 222 g/mol. The minimum absolute atomic E-state index is 0.615. The van der Waals surface area contributed by atoms with Crippen molar-refractivity contribution in [3.8, 4) is 0 Å². The fourth-order valence-electron chi connectivity index (χ4n) is 2.04. The van der Waals surface area contributed by atoms with Gasteiger partial charge in [-0.25, -0.2) is 4.98 Å². The molecule has 16 heavy (non-hydrogen) atoms. The molecule has 5 heteroatoms. The van der Waals surface area contributed by atoms with E-state index in [1.165, 1.54) is 0 Å². The Hall–Kier alpha value is -1.36. The van der Waals surface area contributed by atoms with E-state index >= 15 is 0 Å². The first-order valence-corrected chi connectivity index (χ1v) is 5.58. The molecule has 0 aromatic carbocycles. The number of aliphatic hydroxyl groups is 1. The van der Waals surface area contributed by atoms with E-state index in [1.54, 1.807) is 12.4 Å². The summed E-state index contributed by atoms with van der Waals surface area (Å²) in [6, 6.07) is 0. The van der Waals surface area contributed by atoms with Crippen molar-refractivity contribution < 1.29 is 5.11 Å². The highest BCUT2D eigenvalue weighted by Crippen LogP contribution is 2.24. The Labute approximate surface area is 95.5 Å². The predicted molar refractivity (Wildman–Crippen MR) is 63.6 cm³/mol. The Balaban J connectivity index is 2.16. The number of piperidine rings is 1. The van der Waals surface area contributed by atoms with E-state index < -0.39 is 5.60 Å². The molecule has 88 valence electrons. The Kier molecular flexibility index (Phi) is 2.96. The monoisotopic (exact) mass is 222 g/mol. The predicted octanol–water partition coefficient (Wildman–Crippen LogP) is 0.869. The lowest BCUT2D eigenvalue weighted by molar-refractivity contribution is 0.0447. The molecular weight excluding hydrogens is 204 g/mol. The van der Waals surface area contributed by atoms with Gasteiger partial charge >= 0.3 is 0 Å². The van der Waals surface area contributed by atoms with Gasteiger partial charge in [-0.3, -0.25) is 4.98 Å². The van der Waals surface area contributed by atoms with Crippen molar-refractivity contribution >= 4 is 11.6 Å². The Morgan fingerprint density at radius 3 is 3.00 bits per heavy atom. The third-order valence-electron chi connectivity index (χ3n) is 2.88. The molecule has 1 aliphatic rings. The zero-order valence-electron chi connectivity index (χ0n) is 9.77. The van der Waals surface area contributed by atoms with E-state index in [9.17, 15) is 5.11 Å². The van der Waals surface area contributed by atoms with Crippen LogP contribution in [0.5, 0.6) is 0 Å². The zero-order chi connectivity index (χ0) is 11.6. The van der Waals surface area contributed by atoms with Crippen LogP contribution in [0.2, 0.25) is 0 Å². The van der Waals surface area contributed by atoms with E-state index in [0.717, 1.165) is 31.0 Å². The normalized spacial score (nSPS) is 25.6. The molecule has 1 aromatic heterocycles. The van der Waals surface area contributed by atoms with Crippen LogP contribution in [0.15, 0.2) is 12.4 Å². The van der Waals surface area contributed by atoms with Gasteiger partial charge in [0.25, 0.3) is 0 Å². The van der Waals surface area contributed by atoms with Crippen LogP contribution in [-0.4, -0.2) is 40.8 Å². The number of rotatable bonds is 2. The zero-order valence-corrected chi connectivity index (χ0v) is 9.77. The summed E-state index contributed by atoms with van der Waals surface area (Å²) in [5.74, 6) is 1.58. The summed E-state index contributed by atoms with van der Waals surface area (Å²) < 4.78 is 0. The second kappa shape index (κ2) is 4.25. The molecular formula is C11H18N4O. The standard InChI is InChI=1S/C11H18N4O/c1-11(16)4-3-5-15(8-11)10-7-13-6-9(12-2)14-10/h6-7,16H,3-5,8H2,1-2H3,(H,12,14). The maximum absolute atomic E-state index is 10.0. The molecule has 0 amide bonds. The molecule has 2 heterocycles. The fraction of sp³-hybridized carbons (Fsp3) is 0.636. The molecule has 0 aliphatic carbocycles. The number of β-amino-alcohol motifs (C(OH)–C–C–N with tert-alkyl or cyclic N) is 1. The van der Waals surface area contributed by atoms with Crippen LogP contribution in [0, 0.1) is 0 Å². The van der Waals surface area contributed by atoms with E-state index in [1.807, 2.05) is 14.0 Å². The third kappa shape index (κ3) is 2.41. The van der Waals surface area contributed by atoms with Crippen LogP contribution < -0.4 is 10.2 Å². The maximum Gasteiger partial charge on any atom is 0.149 e. The summed E-state index contributed by atoms with van der Waals surface area (Å²) >= 11 is 0. The molecule has 1 fully saturated rings. The summed E-state index contributed by atoms with van der Waals surface area (Å²) in [5.41, 5.74) is -0.615. The second-order valence-corrected chi connectivity index (χ2v) is 4.53. The van der Waals surface area contributed by atoms with Gasteiger partial charge in [0.05, 0.1) is 18.0 Å². The van der Waals surface area contributed by atoms with E-state index in [4.69, 9.17) is 0 Å². The maximum atomic E-state index is 10.0. The number of hydrogen-bond acceptors (Lipinski definition) is 5. The highest BCUT2D eigenvalue weighted by atomic mass is 16.3. The number of nitrogens with one attached hydrogen (secondary N) is 1. The average Bonchev–Trinajstić information content (AvgIpc) is 2.28. The van der Waals surface area contributed by atoms with Gasteiger partial charge in [0.1, 0.15) is 11.6 Å². The van der Waals surface area contributed by atoms with Gasteiger partial charge in [-0.2, -0.15) is 0 Å². The largest absolute Gasteiger partial charge is 0.388 e. The van der Waals surface area contributed by atoms with Gasteiger partial charge in [-0.15, -0.1) is 0 Å². The van der Waals surface area contributed by atoms with Crippen molar-refractivity contribution in [2.45, 2.75) is 25.4 Å². The number of hydrogen-bond donors (Lipinski definition) is 2. The van der Waals surface area contributed by atoms with Crippen LogP contribution in [-0.2, 0) is 0 Å². The molecule has 2 rings (SSSR count). The van der Waals surface area contributed by atoms with Crippen molar-refractivity contribution in [2.75, 3.05) is 30.4 Å². The van der Waals surface area contributed by atoms with Crippen LogP contribution in [0.1, 0.15) is 19.8 Å². The number of anilines is 2. The molecule has 1 aliphatic heterocycles. The summed E-state index contributed by atoms with van der Waals surface area (Å²) in [6.45, 7) is 3.42. The first kappa shape index (κ1) is 11.1. The van der Waals surface area contributed by atoms with Gasteiger partial charge < -0.3 is 15.3 Å². The van der Waals surface area contributed by atoms with Crippen molar-refractivity contribution in [3.05, 3.63) is 12.4 Å². The molecule has 0 radical (unpaired) electrons. The summed E-state index contributed by atoms with van der Waals surface area (Å²) in [6.07, 6.45) is 5.26. The van der Waals surface area contributed by atoms with Crippen molar-refractivity contribution in [1.29, 1.82) is 0 Å². The van der Waals surface area contributed by atoms with Crippen LogP contribution in [0.3, 0.4) is 0 Å². The molecule has 1 atom stereocenters. The third-order valence-corrected chi connectivity index (χ3v) is 2.88. The lowest BCUT2D eigenvalue weighted by Crippen LogP contribution is -2.46. The highest BCUT2D eigenvalue weighted by molar-refractivity contribution is 5.44. The first-order valence-electron chi connectivity index (χ1n) is 5.58. The van der Waals surface area contributed by atoms with Crippen molar-refractivity contribution in [1.82, 2.24) is 9.97 Å². The van der Waals surface area contributed by atoms with Gasteiger partial charge in [-0.1, -0.05) is 0 Å². The second-order valence-electron chi connectivity index (χ2n) is 4.53. The fourth-order valence-corrected chi connectivity index (χ4v) is 2.04. The topological polar surface area (TPSA) is 61.3 Å². The minimum Gasteiger partial charge on any atom is -0.388 e. The van der Waals surface area contributed by atoms with E-state index in [2.05, 4.69) is 20.2 Å². The molecule has 1 unspecified atom stereocenters. The van der Waals surface area contributed by atoms with Crippen LogP contribution in [0.4, 0.5) is 11.6 Å². The van der Waals surface area contributed by atoms with Crippen molar-refractivity contribution in [2.24, 2.45) is 0 Å². The number of nitrogens with zero attached hydrogens (tertiary/aromatic N) is 3. The molecule has 0 saturated carbocycles. The Morgan fingerprint density at radius 1 is 1.50 bits per heavy atom. The van der Waals surface area contributed by atoms with E-state index in [-0.39, 0.29) is 0 Å². The van der Waals surface area contributed by atoms with Gasteiger partial charge in [0.15, 0.2) is 0 Å². The lowest BCUT2D eigenvalue weighted by Gasteiger charge is -2.37. The molecule has 0 bridgehead atoms. The Bertz CT molecular complexity index is 367. The van der Waals surface area contributed by atoms with Gasteiger partial charge in [0.2, 0.25) is 0 Å². The molecule has 0 spiro atoms. The summed E-state index contributed by atoms with van der Waals surface area (Å²) in [7, 11) is 1.82. The molecule has 2 N–H and O–H groups in total. The first-order chi connectivity index (χ1) is 7.61. The smallest absolute Gasteiger partial charge is 0.149 e. The lowest BCUT2D eigenvalue weighted by atomic mass is 9.95. The quantitative estimate of drug-likeness (QED) is 0.777. The van der Waals surface area contributed by atoms with Gasteiger partial charge in [-0.05, 0) is 19.8 Å². The molecule has 5 nitrogen and oxygen atoms in total. The molecule has 1 aromatic rings. The Morgan fingerprint density at radius 2 is 2.31 bits per heavy atom. The van der Waals surface area contributed by atoms with Crippen molar-refractivity contribution in [3.63, 3.8) is 0 Å². The highest BCUT2D eigenvalue weighted by Gasteiger charge is 2.29. The summed E-state index contributed by atoms with van der Waals surface area (Å²) in [5, 5.41) is 13.0. The van der Waals surface area contributed by atoms with E-state index in [0.29, 0.717) is 6.54 Å². The van der Waals surface area contributed by atoms with Gasteiger partial charge in [0, 0.05) is 20.1 Å². The SMILES string of the molecule is CNc1cncc(N2CCCC(C)(O)C2)n1.